The predicted molar refractivity (Wildman–Crippen MR) is 123 cm³/mol. The van der Waals surface area contributed by atoms with E-state index in [9.17, 15) is 4.79 Å². The maximum Gasteiger partial charge on any atom is 0.264 e. The van der Waals surface area contributed by atoms with Crippen LogP contribution in [-0.2, 0) is 4.79 Å². The Bertz CT molecular complexity index is 1200. The van der Waals surface area contributed by atoms with E-state index in [1.807, 2.05) is 31.2 Å². The predicted octanol–water partition coefficient (Wildman–Crippen LogP) is 6.46. The Morgan fingerprint density at radius 1 is 1.17 bits per heavy atom. The number of benzene rings is 2. The molecular formula is C22H16Cl2N2O3S. The lowest BCUT2D eigenvalue weighted by molar-refractivity contribution is -0.115. The molecule has 5 nitrogen and oxygen atoms in total. The Morgan fingerprint density at radius 3 is 2.80 bits per heavy atom. The standard InChI is InChI=1S/C22H16Cl2N2O3S/c1-12-6-8-18(28-2)16(10-12)25-22-26-21(27)19(30-22)11-13-7-9-17(29-13)14-4-3-5-15(23)20(14)24/h3-11H,1-2H3,(H,25,26,27)/b19-11-. The van der Waals surface area contributed by atoms with Crippen LogP contribution in [0.2, 0.25) is 10.0 Å². The van der Waals surface area contributed by atoms with Gasteiger partial charge in [-0.05, 0) is 60.6 Å². The zero-order valence-electron chi connectivity index (χ0n) is 16.0. The van der Waals surface area contributed by atoms with Gasteiger partial charge in [-0.25, -0.2) is 4.99 Å². The molecule has 1 N–H and O–H groups in total. The van der Waals surface area contributed by atoms with Gasteiger partial charge in [0.05, 0.1) is 22.1 Å². The minimum atomic E-state index is -0.246. The molecule has 3 aromatic rings. The number of hydrogen-bond donors (Lipinski definition) is 1. The van der Waals surface area contributed by atoms with Crippen LogP contribution >= 0.6 is 35.0 Å². The largest absolute Gasteiger partial charge is 0.494 e. The summed E-state index contributed by atoms with van der Waals surface area (Å²) >= 11 is 13.6. The van der Waals surface area contributed by atoms with Crippen LogP contribution in [0.15, 0.2) is 62.8 Å². The molecule has 0 atom stereocenters. The molecule has 2 aromatic carbocycles. The second-order valence-corrected chi connectivity index (χ2v) is 8.28. The van der Waals surface area contributed by atoms with E-state index in [4.69, 9.17) is 32.4 Å². The van der Waals surface area contributed by atoms with Gasteiger partial charge >= 0.3 is 0 Å². The second kappa shape index (κ2) is 8.60. The van der Waals surface area contributed by atoms with Crippen molar-refractivity contribution in [3.63, 3.8) is 0 Å². The van der Waals surface area contributed by atoms with E-state index >= 15 is 0 Å². The number of rotatable bonds is 4. The molecule has 152 valence electrons. The van der Waals surface area contributed by atoms with E-state index in [1.165, 1.54) is 11.8 Å². The lowest BCUT2D eigenvalue weighted by Gasteiger charge is -2.05. The van der Waals surface area contributed by atoms with E-state index in [0.29, 0.717) is 48.6 Å². The quantitative estimate of drug-likeness (QED) is 0.455. The number of amidine groups is 1. The van der Waals surface area contributed by atoms with Gasteiger partial charge in [-0.3, -0.25) is 4.79 Å². The average Bonchev–Trinajstić information content (AvgIpc) is 3.31. The molecule has 1 fully saturated rings. The number of furan rings is 1. The van der Waals surface area contributed by atoms with Crippen LogP contribution in [0.5, 0.6) is 5.75 Å². The molecule has 0 bridgehead atoms. The van der Waals surface area contributed by atoms with Crippen molar-refractivity contribution in [2.45, 2.75) is 6.92 Å². The number of hydrogen-bond acceptors (Lipinski definition) is 5. The summed E-state index contributed by atoms with van der Waals surface area (Å²) in [7, 11) is 1.58. The van der Waals surface area contributed by atoms with Crippen LogP contribution in [0.1, 0.15) is 11.3 Å². The molecule has 0 unspecified atom stereocenters. The SMILES string of the molecule is COc1ccc(C)cc1N=C1NC(=O)/C(=C/c2ccc(-c3cccc(Cl)c3Cl)o2)S1. The van der Waals surface area contributed by atoms with Gasteiger partial charge in [-0.1, -0.05) is 35.3 Å². The van der Waals surface area contributed by atoms with Crippen LogP contribution in [-0.4, -0.2) is 18.2 Å². The van der Waals surface area contributed by atoms with E-state index in [-0.39, 0.29) is 5.91 Å². The highest BCUT2D eigenvalue weighted by molar-refractivity contribution is 8.18. The summed E-state index contributed by atoms with van der Waals surface area (Å²) in [6, 6.07) is 14.6. The Labute approximate surface area is 187 Å². The summed E-state index contributed by atoms with van der Waals surface area (Å²) < 4.78 is 11.2. The van der Waals surface area contributed by atoms with Crippen LogP contribution in [0.25, 0.3) is 17.4 Å². The van der Waals surface area contributed by atoms with Gasteiger partial charge in [0, 0.05) is 11.6 Å². The van der Waals surface area contributed by atoms with Crippen LogP contribution in [0.4, 0.5) is 5.69 Å². The van der Waals surface area contributed by atoms with Gasteiger partial charge in [-0.15, -0.1) is 0 Å². The zero-order valence-corrected chi connectivity index (χ0v) is 18.4. The third-order valence-corrected chi connectivity index (χ3v) is 6.05. The first-order chi connectivity index (χ1) is 14.4. The number of aryl methyl sites for hydroxylation is 1. The number of carbonyl (C=O) groups excluding carboxylic acids is 1. The zero-order chi connectivity index (χ0) is 21.3. The third-order valence-electron chi connectivity index (χ3n) is 4.32. The molecular weight excluding hydrogens is 443 g/mol. The number of aliphatic imine (C=N–C) groups is 1. The van der Waals surface area contributed by atoms with Crippen molar-refractivity contribution in [2.24, 2.45) is 4.99 Å². The molecule has 1 aliphatic rings. The average molecular weight is 459 g/mol. The number of nitrogens with one attached hydrogen (secondary N) is 1. The van der Waals surface area contributed by atoms with Gasteiger partial charge in [0.25, 0.3) is 5.91 Å². The molecule has 1 amide bonds. The van der Waals surface area contributed by atoms with Gasteiger partial charge in [0.1, 0.15) is 23.0 Å². The van der Waals surface area contributed by atoms with Crippen molar-refractivity contribution >= 4 is 57.8 Å². The first kappa shape index (κ1) is 20.6. The molecule has 0 aliphatic carbocycles. The van der Waals surface area contributed by atoms with E-state index in [0.717, 1.165) is 5.56 Å². The monoisotopic (exact) mass is 458 g/mol. The summed E-state index contributed by atoms with van der Waals surface area (Å²) in [5.74, 6) is 1.47. The van der Waals surface area contributed by atoms with Gasteiger partial charge in [0.2, 0.25) is 0 Å². The lowest BCUT2D eigenvalue weighted by Crippen LogP contribution is -2.19. The Balaban J connectivity index is 1.59. The lowest BCUT2D eigenvalue weighted by atomic mass is 10.2. The van der Waals surface area contributed by atoms with E-state index < -0.39 is 0 Å². The topological polar surface area (TPSA) is 63.8 Å². The molecule has 4 rings (SSSR count). The molecule has 0 radical (unpaired) electrons. The maximum atomic E-state index is 12.4. The molecule has 1 saturated heterocycles. The van der Waals surface area contributed by atoms with Crippen molar-refractivity contribution in [1.29, 1.82) is 0 Å². The van der Waals surface area contributed by atoms with Crippen LogP contribution in [0.3, 0.4) is 0 Å². The maximum absolute atomic E-state index is 12.4. The molecule has 2 heterocycles. The van der Waals surface area contributed by atoms with E-state index in [1.54, 1.807) is 37.5 Å². The summed E-state index contributed by atoms with van der Waals surface area (Å²) in [4.78, 5) is 17.4. The van der Waals surface area contributed by atoms with Gasteiger partial charge in [-0.2, -0.15) is 0 Å². The van der Waals surface area contributed by atoms with Crippen molar-refractivity contribution in [3.05, 3.63) is 74.8 Å². The van der Waals surface area contributed by atoms with Gasteiger partial charge in [0.15, 0.2) is 5.17 Å². The fraction of sp³-hybridized carbons (Fsp3) is 0.0909. The van der Waals surface area contributed by atoms with Crippen molar-refractivity contribution in [1.82, 2.24) is 5.32 Å². The Hall–Kier alpha value is -2.67. The fourth-order valence-corrected chi connectivity index (χ4v) is 4.08. The molecule has 1 aliphatic heterocycles. The number of thioether (sulfide) groups is 1. The first-order valence-electron chi connectivity index (χ1n) is 8.93. The molecule has 1 aromatic heterocycles. The summed E-state index contributed by atoms with van der Waals surface area (Å²) in [5.41, 5.74) is 2.38. The number of nitrogens with zero attached hydrogens (tertiary/aromatic N) is 1. The number of halogens is 2. The van der Waals surface area contributed by atoms with Crippen molar-refractivity contribution < 1.29 is 13.9 Å². The fourth-order valence-electron chi connectivity index (χ4n) is 2.88. The smallest absolute Gasteiger partial charge is 0.264 e. The minimum Gasteiger partial charge on any atom is -0.494 e. The highest BCUT2D eigenvalue weighted by Gasteiger charge is 2.25. The highest BCUT2D eigenvalue weighted by atomic mass is 35.5. The highest BCUT2D eigenvalue weighted by Crippen LogP contribution is 2.36. The van der Waals surface area contributed by atoms with Crippen molar-refractivity contribution in [2.75, 3.05) is 7.11 Å². The van der Waals surface area contributed by atoms with E-state index in [2.05, 4.69) is 10.3 Å². The molecule has 0 saturated carbocycles. The van der Waals surface area contributed by atoms with Crippen molar-refractivity contribution in [3.8, 4) is 17.1 Å². The second-order valence-electron chi connectivity index (χ2n) is 6.46. The molecule has 0 spiro atoms. The number of carbonyl (C=O) groups is 1. The normalized spacial score (nSPS) is 16.3. The number of amides is 1. The summed E-state index contributed by atoms with van der Waals surface area (Å²) in [6.45, 7) is 1.97. The van der Waals surface area contributed by atoms with Crippen LogP contribution in [0, 0.1) is 6.92 Å². The van der Waals surface area contributed by atoms with Crippen LogP contribution < -0.4 is 10.1 Å². The minimum absolute atomic E-state index is 0.246. The molecule has 30 heavy (non-hydrogen) atoms. The third kappa shape index (κ3) is 4.26. The van der Waals surface area contributed by atoms with Gasteiger partial charge < -0.3 is 14.5 Å². The summed E-state index contributed by atoms with van der Waals surface area (Å²) in [5, 5.41) is 4.11. The number of ether oxygens (including phenoxy) is 1. The summed E-state index contributed by atoms with van der Waals surface area (Å²) in [6.07, 6.45) is 1.66. The Kier molecular flexibility index (Phi) is 5.90. The molecule has 8 heteroatoms. The number of methoxy groups -OCH3 is 1. The Morgan fingerprint density at radius 2 is 2.00 bits per heavy atom. The first-order valence-corrected chi connectivity index (χ1v) is 10.5.